The average Bonchev–Trinajstić information content (AvgIpc) is 2.55. The number of hydrogen-bond donors (Lipinski definition) is 3. The van der Waals surface area contributed by atoms with Crippen molar-refractivity contribution in [2.24, 2.45) is 16.7 Å². The molecule has 0 unspecified atom stereocenters. The van der Waals surface area contributed by atoms with Gasteiger partial charge in [0.25, 0.3) is 0 Å². The van der Waals surface area contributed by atoms with Crippen LogP contribution in [-0.2, 0) is 19.1 Å². The molecule has 1 saturated heterocycles. The Balaban J connectivity index is 2.23. The highest BCUT2D eigenvalue weighted by Crippen LogP contribution is 2.67. The van der Waals surface area contributed by atoms with Crippen LogP contribution in [-0.4, -0.2) is 49.8 Å². The fourth-order valence-corrected chi connectivity index (χ4v) is 6.79. The van der Waals surface area contributed by atoms with Crippen molar-refractivity contribution in [1.29, 1.82) is 0 Å². The zero-order valence-electron chi connectivity index (χ0n) is 18.1. The largest absolute Gasteiger partial charge is 0.441 e. The first-order chi connectivity index (χ1) is 13.1. The van der Waals surface area contributed by atoms with Crippen molar-refractivity contribution in [1.82, 2.24) is 0 Å². The molecular weight excluding hydrogens is 376 g/mol. The second-order valence-electron chi connectivity index (χ2n) is 10.5. The van der Waals surface area contributed by atoms with Crippen LogP contribution in [0.2, 0.25) is 0 Å². The molecule has 1 heterocycles. The van der Waals surface area contributed by atoms with Crippen LogP contribution in [0.1, 0.15) is 73.1 Å². The van der Waals surface area contributed by atoms with Gasteiger partial charge >= 0.3 is 11.9 Å². The second-order valence-corrected chi connectivity index (χ2v) is 10.5. The van der Waals surface area contributed by atoms with Gasteiger partial charge in [0, 0.05) is 11.8 Å². The lowest BCUT2D eigenvalue weighted by atomic mass is 9.42. The van der Waals surface area contributed by atoms with Crippen LogP contribution in [0.4, 0.5) is 0 Å². The van der Waals surface area contributed by atoms with Gasteiger partial charge in [-0.15, -0.1) is 6.58 Å². The fourth-order valence-electron chi connectivity index (χ4n) is 6.79. The third kappa shape index (κ3) is 3.00. The van der Waals surface area contributed by atoms with Crippen molar-refractivity contribution in [2.75, 3.05) is 0 Å². The average molecular weight is 411 g/mol. The number of aliphatic hydroxyl groups is 3. The van der Waals surface area contributed by atoms with Crippen molar-refractivity contribution in [2.45, 2.75) is 95.9 Å². The molecule has 0 aromatic rings. The number of carbonyl (C=O) groups is 2. The van der Waals surface area contributed by atoms with Gasteiger partial charge < -0.3 is 24.8 Å². The third-order valence-corrected chi connectivity index (χ3v) is 8.00. The molecule has 7 heteroatoms. The molecule has 0 spiro atoms. The minimum atomic E-state index is -3.69. The van der Waals surface area contributed by atoms with Crippen molar-refractivity contribution in [3.05, 3.63) is 12.7 Å². The first-order valence-corrected chi connectivity index (χ1v) is 10.3. The molecule has 3 fully saturated rings. The van der Waals surface area contributed by atoms with E-state index >= 15 is 0 Å². The highest BCUT2D eigenvalue weighted by atomic mass is 16.7. The van der Waals surface area contributed by atoms with Crippen LogP contribution in [0.3, 0.4) is 0 Å². The van der Waals surface area contributed by atoms with E-state index in [1.165, 1.54) is 0 Å². The van der Waals surface area contributed by atoms with E-state index < -0.39 is 34.2 Å². The molecule has 29 heavy (non-hydrogen) atoms. The molecule has 3 N–H and O–H groups in total. The smallest absolute Gasteiger partial charge is 0.398 e. The molecule has 7 nitrogen and oxygen atoms in total. The molecule has 3 rings (SSSR count). The first kappa shape index (κ1) is 22.4. The molecule has 0 amide bonds. The minimum absolute atomic E-state index is 0.0516. The maximum Gasteiger partial charge on any atom is 0.398 e. The molecule has 3 aliphatic rings. The molecule has 0 aromatic carbocycles. The summed E-state index contributed by atoms with van der Waals surface area (Å²) in [6.45, 7) is 13.6. The van der Waals surface area contributed by atoms with Gasteiger partial charge in [0.05, 0.1) is 5.60 Å². The molecule has 5 atom stereocenters. The fraction of sp³-hybridized carbons (Fsp3) is 0.818. The number of esters is 1. The van der Waals surface area contributed by atoms with Crippen LogP contribution in [0.5, 0.6) is 0 Å². The van der Waals surface area contributed by atoms with Gasteiger partial charge in [-0.2, -0.15) is 0 Å². The van der Waals surface area contributed by atoms with Gasteiger partial charge in [-0.05, 0) is 50.9 Å². The van der Waals surface area contributed by atoms with Crippen molar-refractivity contribution < 1.29 is 34.4 Å². The molecular formula is C22H34O7. The Hall–Kier alpha value is -1.28. The molecule has 0 radical (unpaired) electrons. The summed E-state index contributed by atoms with van der Waals surface area (Å²) in [5, 5.41) is 28.4. The molecule has 164 valence electrons. The van der Waals surface area contributed by atoms with Gasteiger partial charge in [-0.25, -0.2) is 4.79 Å². The Labute approximate surface area is 172 Å². The molecule has 2 aliphatic carbocycles. The molecule has 0 aromatic heterocycles. The topological polar surface area (TPSA) is 113 Å². The Morgan fingerprint density at radius 2 is 1.79 bits per heavy atom. The van der Waals surface area contributed by atoms with Crippen LogP contribution in [0.25, 0.3) is 0 Å². The summed E-state index contributed by atoms with van der Waals surface area (Å²) in [5.74, 6) is -5.64. The standard InChI is InChI=1S/C22H34O7/c1-7-18(4)13-15(23)21(28-16(24)22(25,26)27)19(5)11-8-10-17(2,3)14(19)9-12-20(21,6)29-18/h7,14,25-27H,1,8-13H2,2-6H3/t14-,18-,19-,20+,21-/m0/s1. The van der Waals surface area contributed by atoms with Gasteiger partial charge in [0.15, 0.2) is 5.78 Å². The normalized spacial score (nSPS) is 44.4. The third-order valence-electron chi connectivity index (χ3n) is 8.00. The lowest BCUT2D eigenvalue weighted by Crippen LogP contribution is -2.79. The van der Waals surface area contributed by atoms with Crippen LogP contribution in [0, 0.1) is 16.7 Å². The number of hydrogen-bond acceptors (Lipinski definition) is 7. The SMILES string of the molecule is C=C[C@@]1(C)CC(=O)[C@@]2(OC(=O)C(O)(O)O)[C@@](C)(CC[C@H]3C(C)(C)CCC[C@@]32C)O1. The summed E-state index contributed by atoms with van der Waals surface area (Å²) in [5.41, 5.74) is -4.77. The summed E-state index contributed by atoms with van der Waals surface area (Å²) in [4.78, 5) is 26.3. The Morgan fingerprint density at radius 3 is 2.34 bits per heavy atom. The van der Waals surface area contributed by atoms with Gasteiger partial charge in [0.2, 0.25) is 5.60 Å². The van der Waals surface area contributed by atoms with E-state index in [1.807, 2.05) is 6.92 Å². The summed E-state index contributed by atoms with van der Waals surface area (Å²) in [6, 6.07) is 0. The van der Waals surface area contributed by atoms with E-state index in [4.69, 9.17) is 9.47 Å². The molecule has 2 saturated carbocycles. The van der Waals surface area contributed by atoms with E-state index in [2.05, 4.69) is 20.4 Å². The second kappa shape index (κ2) is 6.36. The lowest BCUT2D eigenvalue weighted by molar-refractivity contribution is -0.343. The summed E-state index contributed by atoms with van der Waals surface area (Å²) in [7, 11) is 0. The predicted octanol–water partition coefficient (Wildman–Crippen LogP) is 2.22. The van der Waals surface area contributed by atoms with E-state index in [1.54, 1.807) is 19.9 Å². The monoisotopic (exact) mass is 410 g/mol. The van der Waals surface area contributed by atoms with Crippen molar-refractivity contribution >= 4 is 11.8 Å². The maximum absolute atomic E-state index is 13.8. The van der Waals surface area contributed by atoms with Crippen molar-refractivity contribution in [3.8, 4) is 0 Å². The number of rotatable bonds is 3. The Morgan fingerprint density at radius 1 is 1.17 bits per heavy atom. The number of Topliss-reactive ketones (excluding diaryl/α,β-unsaturated/α-hetero) is 1. The number of fused-ring (bicyclic) bond motifs is 3. The van der Waals surface area contributed by atoms with E-state index in [-0.39, 0.29) is 23.5 Å². The van der Waals surface area contributed by atoms with Gasteiger partial charge in [-0.3, -0.25) is 4.79 Å². The number of carbonyl (C=O) groups excluding carboxylic acids is 2. The summed E-state index contributed by atoms with van der Waals surface area (Å²) in [6.07, 6.45) is 5.20. The molecule has 0 bridgehead atoms. The first-order valence-electron chi connectivity index (χ1n) is 10.3. The van der Waals surface area contributed by atoms with Crippen LogP contribution in [0.15, 0.2) is 12.7 Å². The van der Waals surface area contributed by atoms with Crippen molar-refractivity contribution in [3.63, 3.8) is 0 Å². The van der Waals surface area contributed by atoms with Crippen LogP contribution < -0.4 is 0 Å². The lowest BCUT2D eigenvalue weighted by Gasteiger charge is -2.68. The van der Waals surface area contributed by atoms with E-state index in [0.29, 0.717) is 12.8 Å². The zero-order valence-corrected chi connectivity index (χ0v) is 18.1. The maximum atomic E-state index is 13.8. The van der Waals surface area contributed by atoms with Gasteiger partial charge in [0.1, 0.15) is 5.60 Å². The highest BCUT2D eigenvalue weighted by molar-refractivity contribution is 5.94. The molecule has 1 aliphatic heterocycles. The highest BCUT2D eigenvalue weighted by Gasteiger charge is 2.76. The zero-order chi connectivity index (χ0) is 22.1. The number of ether oxygens (including phenoxy) is 2. The Kier molecular flexibility index (Phi) is 4.91. The quantitative estimate of drug-likeness (QED) is 0.371. The van der Waals surface area contributed by atoms with Crippen LogP contribution >= 0.6 is 0 Å². The van der Waals surface area contributed by atoms with Gasteiger partial charge in [-0.1, -0.05) is 33.3 Å². The van der Waals surface area contributed by atoms with E-state index in [9.17, 15) is 24.9 Å². The van der Waals surface area contributed by atoms with E-state index in [0.717, 1.165) is 19.3 Å². The minimum Gasteiger partial charge on any atom is -0.441 e. The number of ketones is 1. The Bertz CT molecular complexity index is 738. The predicted molar refractivity (Wildman–Crippen MR) is 104 cm³/mol. The summed E-state index contributed by atoms with van der Waals surface area (Å²) >= 11 is 0. The summed E-state index contributed by atoms with van der Waals surface area (Å²) < 4.78 is 12.1.